The maximum absolute atomic E-state index is 12.5. The molecule has 3 heterocycles. The third-order valence-corrected chi connectivity index (χ3v) is 5.37. The Labute approximate surface area is 150 Å². The Hall–Kier alpha value is -1.96. The van der Waals surface area contributed by atoms with Gasteiger partial charge in [0, 0.05) is 19.6 Å². The highest BCUT2D eigenvalue weighted by Gasteiger charge is 2.56. The van der Waals surface area contributed by atoms with E-state index >= 15 is 0 Å². The number of hydrazine groups is 1. The predicted octanol–water partition coefficient (Wildman–Crippen LogP) is -2.01. The number of carbonyl (C=O) groups excluding carboxylic acids is 3. The largest absolute Gasteiger partial charge is 0.418 e. The van der Waals surface area contributed by atoms with Crippen molar-refractivity contribution >= 4 is 28.2 Å². The molecule has 0 aliphatic carbocycles. The highest BCUT2D eigenvalue weighted by Crippen LogP contribution is 2.42. The molecule has 146 valence electrons. The quantitative estimate of drug-likeness (QED) is 0.316. The van der Waals surface area contributed by atoms with Crippen molar-refractivity contribution < 1.29 is 31.6 Å². The van der Waals surface area contributed by atoms with Crippen LogP contribution < -0.4 is 16.2 Å². The first-order chi connectivity index (χ1) is 12.0. The van der Waals surface area contributed by atoms with Crippen molar-refractivity contribution in [1.29, 1.82) is 0 Å². The van der Waals surface area contributed by atoms with E-state index in [0.29, 0.717) is 18.2 Å². The Balaban J connectivity index is 1.70. The molecule has 0 aromatic rings. The van der Waals surface area contributed by atoms with Crippen LogP contribution in [0.4, 0.5) is 4.79 Å². The van der Waals surface area contributed by atoms with E-state index in [1.54, 1.807) is 13.8 Å². The van der Waals surface area contributed by atoms with Gasteiger partial charge in [-0.3, -0.25) is 25.0 Å². The standard InChI is InChI=1S/C13H21N5O7S/c1-13(2)3-8(11(20)16-15-10(19)7-4-14-5-7)17-6-9(13)18(12(17)21)25-26(22,23)24/h7-9,14H,3-6H2,1-2H3,(H,15,19)(H,16,20)(H,22,23,24)/t8-,9-/m0/s1. The van der Waals surface area contributed by atoms with Crippen LogP contribution in [-0.4, -0.2) is 72.5 Å². The van der Waals surface area contributed by atoms with E-state index in [4.69, 9.17) is 4.55 Å². The molecule has 0 saturated carbocycles. The van der Waals surface area contributed by atoms with Crippen LogP contribution in [0.25, 0.3) is 0 Å². The first-order valence-corrected chi connectivity index (χ1v) is 9.43. The molecule has 12 nitrogen and oxygen atoms in total. The molecule has 0 unspecified atom stereocenters. The lowest BCUT2D eigenvalue weighted by molar-refractivity contribution is -0.135. The summed E-state index contributed by atoms with van der Waals surface area (Å²) < 4.78 is 35.3. The first-order valence-electron chi connectivity index (χ1n) is 8.07. The summed E-state index contributed by atoms with van der Waals surface area (Å²) >= 11 is 0. The highest BCUT2D eigenvalue weighted by atomic mass is 32.3. The number of urea groups is 1. The number of carbonyl (C=O) groups is 3. The lowest BCUT2D eigenvalue weighted by atomic mass is 9.76. The van der Waals surface area contributed by atoms with Gasteiger partial charge < -0.3 is 10.2 Å². The molecule has 2 bridgehead atoms. The third kappa shape index (κ3) is 3.47. The van der Waals surface area contributed by atoms with Gasteiger partial charge in [-0.2, -0.15) is 13.5 Å². The van der Waals surface area contributed by atoms with Crippen LogP contribution in [-0.2, 0) is 24.3 Å². The zero-order valence-corrected chi connectivity index (χ0v) is 15.1. The molecule has 3 aliphatic rings. The zero-order chi connectivity index (χ0) is 19.3. The molecule has 4 N–H and O–H groups in total. The van der Waals surface area contributed by atoms with E-state index in [-0.39, 0.29) is 24.8 Å². The number of nitrogens with one attached hydrogen (secondary N) is 3. The van der Waals surface area contributed by atoms with Crippen LogP contribution in [0.2, 0.25) is 0 Å². The summed E-state index contributed by atoms with van der Waals surface area (Å²) in [7, 11) is -4.88. The van der Waals surface area contributed by atoms with Crippen LogP contribution in [0.15, 0.2) is 0 Å². The van der Waals surface area contributed by atoms with Gasteiger partial charge in [-0.15, -0.1) is 4.28 Å². The smallest absolute Gasteiger partial charge is 0.315 e. The third-order valence-electron chi connectivity index (χ3n) is 5.02. The van der Waals surface area contributed by atoms with Crippen molar-refractivity contribution in [2.45, 2.75) is 32.4 Å². The summed E-state index contributed by atoms with van der Waals surface area (Å²) in [6, 6.07) is -2.41. The maximum Gasteiger partial charge on any atom is 0.418 e. The lowest BCUT2D eigenvalue weighted by Crippen LogP contribution is -2.59. The van der Waals surface area contributed by atoms with Crippen molar-refractivity contribution in [3.8, 4) is 0 Å². The average Bonchev–Trinajstić information content (AvgIpc) is 2.73. The fourth-order valence-corrected chi connectivity index (χ4v) is 3.74. The van der Waals surface area contributed by atoms with Crippen molar-refractivity contribution in [3.05, 3.63) is 0 Å². The Morgan fingerprint density at radius 2 is 1.88 bits per heavy atom. The molecule has 3 fully saturated rings. The number of amides is 4. The molecule has 26 heavy (non-hydrogen) atoms. The SMILES string of the molecule is CC1(C)C[C@@H](C(=O)NNC(=O)C2CNC2)N2C[C@@H]1N(OS(=O)(=O)O)C2=O. The molecular weight excluding hydrogens is 370 g/mol. The fraction of sp³-hybridized carbons (Fsp3) is 0.769. The normalized spacial score (nSPS) is 27.9. The van der Waals surface area contributed by atoms with Gasteiger partial charge in [-0.05, 0) is 11.8 Å². The van der Waals surface area contributed by atoms with E-state index in [1.165, 1.54) is 0 Å². The minimum Gasteiger partial charge on any atom is -0.315 e. The molecule has 13 heteroatoms. The zero-order valence-electron chi connectivity index (χ0n) is 14.3. The van der Waals surface area contributed by atoms with Crippen LogP contribution in [0, 0.1) is 11.3 Å². The number of piperidine rings is 1. The van der Waals surface area contributed by atoms with Crippen LogP contribution in [0.1, 0.15) is 20.3 Å². The van der Waals surface area contributed by atoms with Crippen molar-refractivity contribution in [2.24, 2.45) is 11.3 Å². The van der Waals surface area contributed by atoms with Crippen LogP contribution in [0.3, 0.4) is 0 Å². The molecule has 0 aromatic heterocycles. The van der Waals surface area contributed by atoms with Crippen molar-refractivity contribution in [1.82, 2.24) is 26.1 Å². The average molecular weight is 391 g/mol. The number of fused-ring (bicyclic) bond motifs is 2. The lowest BCUT2D eigenvalue weighted by Gasteiger charge is -2.40. The van der Waals surface area contributed by atoms with Gasteiger partial charge in [-0.25, -0.2) is 4.79 Å². The molecule has 4 amide bonds. The highest BCUT2D eigenvalue weighted by molar-refractivity contribution is 7.80. The van der Waals surface area contributed by atoms with Gasteiger partial charge >= 0.3 is 16.4 Å². The van der Waals surface area contributed by atoms with E-state index in [9.17, 15) is 22.8 Å². The molecule has 0 radical (unpaired) electrons. The van der Waals surface area contributed by atoms with E-state index in [0.717, 1.165) is 4.90 Å². The van der Waals surface area contributed by atoms with E-state index in [1.807, 2.05) is 0 Å². The molecule has 3 rings (SSSR count). The number of rotatable bonds is 4. The second-order valence-corrected chi connectivity index (χ2v) is 8.33. The fourth-order valence-electron chi connectivity index (χ4n) is 3.37. The molecule has 0 aromatic carbocycles. The van der Waals surface area contributed by atoms with Gasteiger partial charge in [0.1, 0.15) is 6.04 Å². The number of hydrogen-bond donors (Lipinski definition) is 4. The van der Waals surface area contributed by atoms with Crippen molar-refractivity contribution in [2.75, 3.05) is 19.6 Å². The van der Waals surface area contributed by atoms with Gasteiger partial charge in [0.05, 0.1) is 12.0 Å². The van der Waals surface area contributed by atoms with E-state index < -0.39 is 39.8 Å². The molecule has 0 spiro atoms. The maximum atomic E-state index is 12.5. The predicted molar refractivity (Wildman–Crippen MR) is 85.2 cm³/mol. The molecular formula is C13H21N5O7S. The van der Waals surface area contributed by atoms with Gasteiger partial charge in [0.15, 0.2) is 0 Å². The first kappa shape index (κ1) is 18.8. The van der Waals surface area contributed by atoms with Crippen LogP contribution >= 0.6 is 0 Å². The second-order valence-electron chi connectivity index (χ2n) is 7.32. The molecule has 3 saturated heterocycles. The summed E-state index contributed by atoms with van der Waals surface area (Å²) in [5, 5.41) is 3.52. The Morgan fingerprint density at radius 3 is 2.42 bits per heavy atom. The van der Waals surface area contributed by atoms with Gasteiger partial charge in [0.25, 0.3) is 5.91 Å². The Morgan fingerprint density at radius 1 is 1.27 bits per heavy atom. The summed E-state index contributed by atoms with van der Waals surface area (Å²) in [5.74, 6) is -1.12. The number of hydrogen-bond acceptors (Lipinski definition) is 7. The minimum atomic E-state index is -4.88. The number of nitrogens with zero attached hydrogens (tertiary/aromatic N) is 2. The van der Waals surface area contributed by atoms with Gasteiger partial charge in [0.2, 0.25) is 5.91 Å². The van der Waals surface area contributed by atoms with Crippen LogP contribution in [0.5, 0.6) is 0 Å². The van der Waals surface area contributed by atoms with E-state index in [2.05, 4.69) is 20.5 Å². The summed E-state index contributed by atoms with van der Waals surface area (Å²) in [5.41, 5.74) is 3.98. The minimum absolute atomic E-state index is 0.0555. The van der Waals surface area contributed by atoms with Gasteiger partial charge in [-0.1, -0.05) is 13.8 Å². The Kier molecular flexibility index (Phi) is 4.58. The molecule has 2 atom stereocenters. The topological polar surface area (TPSA) is 157 Å². The van der Waals surface area contributed by atoms with Crippen molar-refractivity contribution in [3.63, 3.8) is 0 Å². The monoisotopic (exact) mass is 391 g/mol. The second kappa shape index (κ2) is 6.33. The summed E-state index contributed by atoms with van der Waals surface area (Å²) in [6.45, 7) is 4.64. The Bertz CT molecular complexity index is 735. The molecule has 3 aliphatic heterocycles. The summed E-state index contributed by atoms with van der Waals surface area (Å²) in [6.07, 6.45) is 0.224. The summed E-state index contributed by atoms with van der Waals surface area (Å²) in [4.78, 5) is 37.9. The number of hydroxylamine groups is 2.